The maximum Gasteiger partial charge on any atom is 0.160 e. The molecule has 5 aromatic rings. The van der Waals surface area contributed by atoms with Gasteiger partial charge < -0.3 is 11.5 Å². The van der Waals surface area contributed by atoms with E-state index in [1.165, 1.54) is 4.88 Å². The molecule has 8 heteroatoms. The number of hydrogen-bond acceptors (Lipinski definition) is 8. The molecule has 0 radical (unpaired) electrons. The lowest BCUT2D eigenvalue weighted by Gasteiger charge is -2.21. The van der Waals surface area contributed by atoms with Gasteiger partial charge in [-0.1, -0.05) is 30.3 Å². The molecule has 4 N–H and O–H groups in total. The van der Waals surface area contributed by atoms with Crippen molar-refractivity contribution in [3.8, 4) is 21.8 Å². The molecule has 0 amide bonds. The molecule has 0 spiro atoms. The molecule has 0 aliphatic heterocycles. The molecular weight excluding hydrogens is 460 g/mol. The molecule has 0 aliphatic carbocycles. The summed E-state index contributed by atoms with van der Waals surface area (Å²) in [5.41, 5.74) is 19.3. The van der Waals surface area contributed by atoms with Crippen molar-refractivity contribution in [2.45, 2.75) is 39.3 Å². The SMILES string of the molecule is Cc1nc(C)c(-c2c(C)sc3c(C(N)C(N)Cc4ccccc4)nc(-c4ccncc4)nc23)s1. The summed E-state index contributed by atoms with van der Waals surface area (Å²) in [4.78, 5) is 21.1. The Hall–Kier alpha value is -3.04. The van der Waals surface area contributed by atoms with Crippen LogP contribution in [0.15, 0.2) is 54.9 Å². The van der Waals surface area contributed by atoms with Crippen LogP contribution in [0.3, 0.4) is 0 Å². The van der Waals surface area contributed by atoms with Crippen LogP contribution in [-0.4, -0.2) is 26.0 Å². The molecule has 0 aliphatic rings. The number of fused-ring (bicyclic) bond motifs is 1. The van der Waals surface area contributed by atoms with Crippen LogP contribution < -0.4 is 11.5 Å². The van der Waals surface area contributed by atoms with E-state index in [9.17, 15) is 0 Å². The highest BCUT2D eigenvalue weighted by molar-refractivity contribution is 7.21. The Kier molecular flexibility index (Phi) is 6.22. The van der Waals surface area contributed by atoms with Crippen molar-refractivity contribution in [3.63, 3.8) is 0 Å². The fourth-order valence-corrected chi connectivity index (χ4v) is 6.44. The smallest absolute Gasteiger partial charge is 0.160 e. The maximum atomic E-state index is 6.80. The third-order valence-electron chi connectivity index (χ3n) is 5.90. The molecule has 2 unspecified atom stereocenters. The Balaban J connectivity index is 1.69. The number of benzene rings is 1. The van der Waals surface area contributed by atoms with Crippen LogP contribution in [0.2, 0.25) is 0 Å². The van der Waals surface area contributed by atoms with Crippen molar-refractivity contribution in [3.05, 3.63) is 81.7 Å². The second kappa shape index (κ2) is 9.31. The summed E-state index contributed by atoms with van der Waals surface area (Å²) in [5, 5.41) is 1.04. The summed E-state index contributed by atoms with van der Waals surface area (Å²) >= 11 is 3.37. The molecule has 4 heterocycles. The normalized spacial score (nSPS) is 13.3. The first-order valence-electron chi connectivity index (χ1n) is 11.1. The van der Waals surface area contributed by atoms with Gasteiger partial charge in [-0.3, -0.25) is 4.98 Å². The molecule has 0 saturated carbocycles. The van der Waals surface area contributed by atoms with Crippen molar-refractivity contribution >= 4 is 32.9 Å². The zero-order chi connectivity index (χ0) is 23.8. The van der Waals surface area contributed by atoms with Crippen LogP contribution >= 0.6 is 22.7 Å². The van der Waals surface area contributed by atoms with Crippen LogP contribution in [-0.2, 0) is 6.42 Å². The number of hydrogen-bond donors (Lipinski definition) is 2. The first-order valence-corrected chi connectivity index (χ1v) is 12.8. The number of nitrogens with two attached hydrogens (primary N) is 2. The lowest BCUT2D eigenvalue weighted by Crippen LogP contribution is -2.36. The van der Waals surface area contributed by atoms with E-state index >= 15 is 0 Å². The topological polar surface area (TPSA) is 104 Å². The number of nitrogens with zero attached hydrogens (tertiary/aromatic N) is 4. The summed E-state index contributed by atoms with van der Waals surface area (Å²) < 4.78 is 0.992. The van der Waals surface area contributed by atoms with Crippen molar-refractivity contribution in [2.24, 2.45) is 11.5 Å². The molecule has 2 atom stereocenters. The Morgan fingerprint density at radius 2 is 1.62 bits per heavy atom. The highest BCUT2D eigenvalue weighted by atomic mass is 32.1. The largest absolute Gasteiger partial charge is 0.326 e. The van der Waals surface area contributed by atoms with Crippen molar-refractivity contribution in [1.82, 2.24) is 19.9 Å². The van der Waals surface area contributed by atoms with Gasteiger partial charge in [0.1, 0.15) is 0 Å². The van der Waals surface area contributed by atoms with E-state index in [0.29, 0.717) is 12.2 Å². The second-order valence-electron chi connectivity index (χ2n) is 8.41. The van der Waals surface area contributed by atoms with E-state index in [4.69, 9.17) is 21.4 Å². The van der Waals surface area contributed by atoms with E-state index in [-0.39, 0.29) is 6.04 Å². The fourth-order valence-electron chi connectivity index (χ4n) is 4.21. The van der Waals surface area contributed by atoms with Crippen LogP contribution in [0.4, 0.5) is 0 Å². The number of aromatic nitrogens is 4. The molecule has 0 bridgehead atoms. The zero-order valence-electron chi connectivity index (χ0n) is 19.3. The van der Waals surface area contributed by atoms with Gasteiger partial charge in [0.2, 0.25) is 0 Å². The van der Waals surface area contributed by atoms with Gasteiger partial charge in [-0.05, 0) is 44.9 Å². The van der Waals surface area contributed by atoms with Gasteiger partial charge >= 0.3 is 0 Å². The van der Waals surface area contributed by atoms with Gasteiger partial charge in [-0.15, -0.1) is 22.7 Å². The van der Waals surface area contributed by atoms with Gasteiger partial charge in [-0.2, -0.15) is 0 Å². The van der Waals surface area contributed by atoms with Gasteiger partial charge in [0.05, 0.1) is 37.5 Å². The van der Waals surface area contributed by atoms with Gasteiger partial charge in [0.25, 0.3) is 0 Å². The summed E-state index contributed by atoms with van der Waals surface area (Å²) in [6.07, 6.45) is 4.17. The Morgan fingerprint density at radius 3 is 2.29 bits per heavy atom. The minimum Gasteiger partial charge on any atom is -0.326 e. The highest BCUT2D eigenvalue weighted by Crippen LogP contribution is 2.43. The molecule has 4 aromatic heterocycles. The molecular formula is C26H26N6S2. The van der Waals surface area contributed by atoms with Crippen molar-refractivity contribution < 1.29 is 0 Å². The zero-order valence-corrected chi connectivity index (χ0v) is 21.0. The van der Waals surface area contributed by atoms with Crippen molar-refractivity contribution in [1.29, 1.82) is 0 Å². The van der Waals surface area contributed by atoms with E-state index < -0.39 is 6.04 Å². The van der Waals surface area contributed by atoms with Gasteiger partial charge in [0.15, 0.2) is 5.82 Å². The van der Waals surface area contributed by atoms with Crippen LogP contribution in [0.1, 0.15) is 32.9 Å². The molecule has 34 heavy (non-hydrogen) atoms. The quantitative estimate of drug-likeness (QED) is 0.334. The molecule has 0 fully saturated rings. The lowest BCUT2D eigenvalue weighted by molar-refractivity contribution is 0.537. The van der Waals surface area contributed by atoms with Crippen LogP contribution in [0.5, 0.6) is 0 Å². The van der Waals surface area contributed by atoms with E-state index in [1.807, 2.05) is 37.3 Å². The first kappa shape index (κ1) is 22.7. The average molecular weight is 487 g/mol. The molecule has 0 saturated heterocycles. The predicted molar refractivity (Wildman–Crippen MR) is 141 cm³/mol. The molecule has 1 aromatic carbocycles. The minimum atomic E-state index is -0.443. The fraction of sp³-hybridized carbons (Fsp3) is 0.231. The Labute approximate surface area is 206 Å². The van der Waals surface area contributed by atoms with Crippen LogP contribution in [0.25, 0.3) is 32.0 Å². The number of thiophene rings is 1. The van der Waals surface area contributed by atoms with Crippen molar-refractivity contribution in [2.75, 3.05) is 0 Å². The standard InChI is InChI=1S/C26H26N6S2/c1-14-24(34-16(3)30-14)20-15(2)33-25-22(20)31-26(18-9-11-29-12-10-18)32-23(25)21(28)19(27)13-17-7-5-4-6-8-17/h4-12,19,21H,13,27-28H2,1-3H3. The monoisotopic (exact) mass is 486 g/mol. The van der Waals surface area contributed by atoms with Gasteiger partial charge in [0, 0.05) is 34.4 Å². The van der Waals surface area contributed by atoms with E-state index in [1.54, 1.807) is 35.1 Å². The third kappa shape index (κ3) is 4.25. The minimum absolute atomic E-state index is 0.288. The highest BCUT2D eigenvalue weighted by Gasteiger charge is 2.26. The number of aryl methyl sites for hydroxylation is 3. The van der Waals surface area contributed by atoms with Gasteiger partial charge in [-0.25, -0.2) is 15.0 Å². The Morgan fingerprint density at radius 1 is 0.882 bits per heavy atom. The molecule has 5 rings (SSSR count). The third-order valence-corrected chi connectivity index (χ3v) is 8.10. The molecule has 6 nitrogen and oxygen atoms in total. The number of thiazole rings is 1. The summed E-state index contributed by atoms with van der Waals surface area (Å²) in [7, 11) is 0. The number of pyridine rings is 1. The lowest BCUT2D eigenvalue weighted by atomic mass is 9.97. The average Bonchev–Trinajstić information content (AvgIpc) is 3.35. The second-order valence-corrected chi connectivity index (χ2v) is 10.8. The van der Waals surface area contributed by atoms with Crippen LogP contribution in [0, 0.1) is 20.8 Å². The summed E-state index contributed by atoms with van der Waals surface area (Å²) in [6, 6.07) is 13.3. The number of rotatable bonds is 6. The first-order chi connectivity index (χ1) is 16.4. The maximum absolute atomic E-state index is 6.80. The summed E-state index contributed by atoms with van der Waals surface area (Å²) in [5.74, 6) is 0.630. The Bertz CT molecular complexity index is 1440. The predicted octanol–water partition coefficient (Wildman–Crippen LogP) is 5.37. The van der Waals surface area contributed by atoms with E-state index in [2.05, 4.69) is 35.9 Å². The summed E-state index contributed by atoms with van der Waals surface area (Å²) in [6.45, 7) is 6.21. The van der Waals surface area contributed by atoms with E-state index in [0.717, 1.165) is 48.2 Å². The molecule has 172 valence electrons.